The highest BCUT2D eigenvalue weighted by Gasteiger charge is 2.42. The summed E-state index contributed by atoms with van der Waals surface area (Å²) in [7, 11) is 0. The summed E-state index contributed by atoms with van der Waals surface area (Å²) >= 11 is 0. The normalized spacial score (nSPS) is 21.6. The van der Waals surface area contributed by atoms with Gasteiger partial charge in [0.25, 0.3) is 5.91 Å². The molecule has 1 N–H and O–H groups in total. The molecule has 0 radical (unpaired) electrons. The molecule has 1 aliphatic carbocycles. The topological polar surface area (TPSA) is 43.8 Å². The molecule has 1 aliphatic heterocycles. The summed E-state index contributed by atoms with van der Waals surface area (Å²) in [4.78, 5) is 16.3. The molecule has 1 saturated carbocycles. The first-order valence-corrected chi connectivity index (χ1v) is 7.61. The minimum atomic E-state index is -1.13. The fourth-order valence-electron chi connectivity index (χ4n) is 3.29. The Labute approximate surface area is 124 Å². The zero-order valence-electron chi connectivity index (χ0n) is 12.1. The molecule has 1 amide bonds. The quantitative estimate of drug-likeness (QED) is 0.903. The largest absolute Gasteiger partial charge is 0.380 e. The first-order valence-electron chi connectivity index (χ1n) is 7.61. The van der Waals surface area contributed by atoms with Crippen LogP contribution in [-0.2, 0) is 4.79 Å². The number of carbonyl (C=O) groups excluding carboxylic acids is 1. The first kappa shape index (κ1) is 14.3. The van der Waals surface area contributed by atoms with E-state index < -0.39 is 5.60 Å². The van der Waals surface area contributed by atoms with Crippen molar-refractivity contribution >= 4 is 11.6 Å². The van der Waals surface area contributed by atoms with Gasteiger partial charge in [-0.3, -0.25) is 4.79 Å². The van der Waals surface area contributed by atoms with Gasteiger partial charge in [0, 0.05) is 31.9 Å². The minimum absolute atomic E-state index is 0.112. The number of nitrogens with zero attached hydrogens (tertiary/aromatic N) is 2. The van der Waals surface area contributed by atoms with Crippen LogP contribution in [0, 0.1) is 5.82 Å². The van der Waals surface area contributed by atoms with Crippen LogP contribution < -0.4 is 4.90 Å². The van der Waals surface area contributed by atoms with Crippen LogP contribution in [0.2, 0.25) is 0 Å². The fraction of sp³-hybridized carbons (Fsp3) is 0.562. The molecule has 21 heavy (non-hydrogen) atoms. The van der Waals surface area contributed by atoms with Crippen molar-refractivity contribution in [1.29, 1.82) is 0 Å². The molecule has 4 nitrogen and oxygen atoms in total. The molecule has 1 heterocycles. The highest BCUT2D eigenvalue weighted by atomic mass is 19.1. The predicted molar refractivity (Wildman–Crippen MR) is 78.6 cm³/mol. The van der Waals surface area contributed by atoms with Crippen LogP contribution in [0.25, 0.3) is 0 Å². The van der Waals surface area contributed by atoms with Crippen molar-refractivity contribution in [3.8, 4) is 0 Å². The molecule has 0 bridgehead atoms. The van der Waals surface area contributed by atoms with Crippen molar-refractivity contribution in [2.24, 2.45) is 0 Å². The van der Waals surface area contributed by atoms with Crippen LogP contribution in [0.1, 0.15) is 25.7 Å². The molecule has 114 valence electrons. The lowest BCUT2D eigenvalue weighted by Crippen LogP contribution is -2.55. The molecule has 0 spiro atoms. The maximum Gasteiger partial charge on any atom is 0.254 e. The third-order valence-corrected chi connectivity index (χ3v) is 4.59. The summed E-state index contributed by atoms with van der Waals surface area (Å²) in [6, 6.07) is 6.43. The number of halogens is 1. The van der Waals surface area contributed by atoms with E-state index in [9.17, 15) is 14.3 Å². The summed E-state index contributed by atoms with van der Waals surface area (Å²) in [5, 5.41) is 10.4. The first-order chi connectivity index (χ1) is 10.1. The molecule has 0 atom stereocenters. The summed E-state index contributed by atoms with van der Waals surface area (Å²) in [6.45, 7) is 2.65. The molecule has 0 aromatic heterocycles. The van der Waals surface area contributed by atoms with E-state index in [1.807, 2.05) is 0 Å². The monoisotopic (exact) mass is 292 g/mol. The average molecular weight is 292 g/mol. The zero-order valence-corrected chi connectivity index (χ0v) is 12.1. The SMILES string of the molecule is O=C(N1CCN(c2ccc(F)cc2)CC1)C1(O)CCCC1. The van der Waals surface area contributed by atoms with E-state index in [1.54, 1.807) is 17.0 Å². The van der Waals surface area contributed by atoms with Gasteiger partial charge in [-0.15, -0.1) is 0 Å². The second-order valence-corrected chi connectivity index (χ2v) is 5.99. The van der Waals surface area contributed by atoms with Crippen LogP contribution in [0.5, 0.6) is 0 Å². The van der Waals surface area contributed by atoms with Crippen molar-refractivity contribution in [3.63, 3.8) is 0 Å². The minimum Gasteiger partial charge on any atom is -0.380 e. The van der Waals surface area contributed by atoms with Crippen LogP contribution in [-0.4, -0.2) is 47.7 Å². The molecule has 1 saturated heterocycles. The van der Waals surface area contributed by atoms with E-state index in [1.165, 1.54) is 12.1 Å². The Balaban J connectivity index is 1.60. The van der Waals surface area contributed by atoms with Crippen LogP contribution in [0.15, 0.2) is 24.3 Å². The Morgan fingerprint density at radius 3 is 2.19 bits per heavy atom. The Morgan fingerprint density at radius 1 is 1.05 bits per heavy atom. The lowest BCUT2D eigenvalue weighted by atomic mass is 10.00. The summed E-state index contributed by atoms with van der Waals surface area (Å²) < 4.78 is 12.9. The molecule has 2 aliphatic rings. The van der Waals surface area contributed by atoms with Crippen LogP contribution in [0.3, 0.4) is 0 Å². The number of benzene rings is 1. The molecule has 5 heteroatoms. The van der Waals surface area contributed by atoms with E-state index in [0.717, 1.165) is 18.5 Å². The lowest BCUT2D eigenvalue weighted by molar-refractivity contribution is -0.151. The van der Waals surface area contributed by atoms with Crippen molar-refractivity contribution in [3.05, 3.63) is 30.1 Å². The zero-order chi connectivity index (χ0) is 14.9. The number of aliphatic hydroxyl groups is 1. The number of hydrogen-bond donors (Lipinski definition) is 1. The van der Waals surface area contributed by atoms with Gasteiger partial charge in [0.15, 0.2) is 0 Å². The lowest BCUT2D eigenvalue weighted by Gasteiger charge is -2.39. The standard InChI is InChI=1S/C16H21FN2O2/c17-13-3-5-14(6-4-13)18-9-11-19(12-10-18)15(20)16(21)7-1-2-8-16/h3-6,21H,1-2,7-12H2. The summed E-state index contributed by atoms with van der Waals surface area (Å²) in [5.41, 5.74) is -0.152. The third-order valence-electron chi connectivity index (χ3n) is 4.59. The number of anilines is 1. The van der Waals surface area contributed by atoms with Crippen LogP contribution in [0.4, 0.5) is 10.1 Å². The van der Waals surface area contributed by atoms with Gasteiger partial charge in [-0.05, 0) is 49.9 Å². The average Bonchev–Trinajstić information content (AvgIpc) is 2.96. The van der Waals surface area contributed by atoms with Crippen LogP contribution >= 0.6 is 0 Å². The molecule has 3 rings (SSSR count). The number of amides is 1. The number of rotatable bonds is 2. The molecular formula is C16H21FN2O2. The van der Waals surface area contributed by atoms with Crippen molar-refractivity contribution in [2.45, 2.75) is 31.3 Å². The van der Waals surface area contributed by atoms with Gasteiger partial charge in [0.2, 0.25) is 0 Å². The van der Waals surface area contributed by atoms with Crippen molar-refractivity contribution in [2.75, 3.05) is 31.1 Å². The Hall–Kier alpha value is -1.62. The van der Waals surface area contributed by atoms with Gasteiger partial charge in [-0.1, -0.05) is 0 Å². The molecule has 2 fully saturated rings. The number of piperazine rings is 1. The summed E-state index contributed by atoms with van der Waals surface area (Å²) in [5.74, 6) is -0.352. The van der Waals surface area contributed by atoms with E-state index in [0.29, 0.717) is 39.0 Å². The third kappa shape index (κ3) is 2.88. The maximum atomic E-state index is 12.9. The Kier molecular flexibility index (Phi) is 3.85. The predicted octanol–water partition coefficient (Wildman–Crippen LogP) is 1.78. The fourth-order valence-corrected chi connectivity index (χ4v) is 3.29. The molecular weight excluding hydrogens is 271 g/mol. The van der Waals surface area contributed by atoms with E-state index >= 15 is 0 Å². The smallest absolute Gasteiger partial charge is 0.254 e. The Bertz CT molecular complexity index is 504. The van der Waals surface area contributed by atoms with E-state index in [-0.39, 0.29) is 11.7 Å². The summed E-state index contributed by atoms with van der Waals surface area (Å²) in [6.07, 6.45) is 3.03. The van der Waals surface area contributed by atoms with Gasteiger partial charge < -0.3 is 14.9 Å². The van der Waals surface area contributed by atoms with E-state index in [4.69, 9.17) is 0 Å². The van der Waals surface area contributed by atoms with Gasteiger partial charge >= 0.3 is 0 Å². The van der Waals surface area contributed by atoms with Gasteiger partial charge in [-0.25, -0.2) is 4.39 Å². The second-order valence-electron chi connectivity index (χ2n) is 5.99. The van der Waals surface area contributed by atoms with Gasteiger partial charge in [0.1, 0.15) is 11.4 Å². The number of hydrogen-bond acceptors (Lipinski definition) is 3. The molecule has 1 aromatic carbocycles. The Morgan fingerprint density at radius 2 is 1.62 bits per heavy atom. The highest BCUT2D eigenvalue weighted by Crippen LogP contribution is 2.31. The van der Waals surface area contributed by atoms with Crippen molar-refractivity contribution < 1.29 is 14.3 Å². The maximum absolute atomic E-state index is 12.9. The van der Waals surface area contributed by atoms with Gasteiger partial charge in [0.05, 0.1) is 0 Å². The van der Waals surface area contributed by atoms with Gasteiger partial charge in [-0.2, -0.15) is 0 Å². The van der Waals surface area contributed by atoms with E-state index in [2.05, 4.69) is 4.90 Å². The highest BCUT2D eigenvalue weighted by molar-refractivity contribution is 5.85. The van der Waals surface area contributed by atoms with Crippen molar-refractivity contribution in [1.82, 2.24) is 4.90 Å². The second kappa shape index (κ2) is 5.64. The molecule has 0 unspecified atom stereocenters. The number of carbonyl (C=O) groups is 1. The molecule has 1 aromatic rings.